The average molecular weight is 381 g/mol. The van der Waals surface area contributed by atoms with Gasteiger partial charge in [-0.05, 0) is 58.2 Å². The van der Waals surface area contributed by atoms with E-state index in [1.54, 1.807) is 11.8 Å². The van der Waals surface area contributed by atoms with Crippen molar-refractivity contribution in [3.63, 3.8) is 0 Å². The molecule has 2 aromatic rings. The van der Waals surface area contributed by atoms with Crippen molar-refractivity contribution in [1.29, 1.82) is 0 Å². The summed E-state index contributed by atoms with van der Waals surface area (Å²) in [5, 5.41) is 2.99. The number of hydrogen-bond donors (Lipinski definition) is 1. The van der Waals surface area contributed by atoms with Crippen LogP contribution in [0.1, 0.15) is 49.9 Å². The molecule has 0 fully saturated rings. The van der Waals surface area contributed by atoms with Gasteiger partial charge in [0, 0.05) is 12.1 Å². The highest BCUT2D eigenvalue weighted by atomic mass is 16.2. The Morgan fingerprint density at radius 3 is 2.18 bits per heavy atom. The number of hydrogen-bond acceptors (Lipinski definition) is 2. The normalized spacial score (nSPS) is 12.4. The number of rotatable bonds is 6. The molecule has 4 heteroatoms. The highest BCUT2D eigenvalue weighted by Crippen LogP contribution is 2.16. The highest BCUT2D eigenvalue weighted by molar-refractivity contribution is 5.88. The fourth-order valence-electron chi connectivity index (χ4n) is 3.01. The van der Waals surface area contributed by atoms with Crippen LogP contribution in [0.15, 0.2) is 48.5 Å². The Hall–Kier alpha value is -2.62. The van der Waals surface area contributed by atoms with Crippen LogP contribution in [-0.2, 0) is 22.6 Å². The average Bonchev–Trinajstić information content (AvgIpc) is 2.61. The Bertz CT molecular complexity index is 819. The Morgan fingerprint density at radius 2 is 1.61 bits per heavy atom. The zero-order valence-electron chi connectivity index (χ0n) is 17.9. The van der Waals surface area contributed by atoms with Gasteiger partial charge in [-0.2, -0.15) is 0 Å². The number of carbonyl (C=O) groups excluding carboxylic acids is 2. The number of amides is 2. The summed E-state index contributed by atoms with van der Waals surface area (Å²) in [6.07, 6.45) is 0.277. The molecule has 0 saturated carbocycles. The molecule has 1 N–H and O–H groups in total. The summed E-state index contributed by atoms with van der Waals surface area (Å²) >= 11 is 0. The summed E-state index contributed by atoms with van der Waals surface area (Å²) in [6.45, 7) is 12.1. The second-order valence-electron chi connectivity index (χ2n) is 8.53. The van der Waals surface area contributed by atoms with Crippen LogP contribution in [0.4, 0.5) is 0 Å². The van der Waals surface area contributed by atoms with Crippen LogP contribution in [0.2, 0.25) is 0 Å². The number of nitrogens with zero attached hydrogens (tertiary/aromatic N) is 1. The fraction of sp³-hybridized carbons (Fsp3) is 0.417. The maximum Gasteiger partial charge on any atom is 0.242 e. The van der Waals surface area contributed by atoms with E-state index in [4.69, 9.17) is 0 Å². The number of benzene rings is 2. The molecule has 2 amide bonds. The van der Waals surface area contributed by atoms with Crippen LogP contribution < -0.4 is 5.32 Å². The van der Waals surface area contributed by atoms with Crippen molar-refractivity contribution >= 4 is 11.8 Å². The van der Waals surface area contributed by atoms with Gasteiger partial charge < -0.3 is 10.2 Å². The van der Waals surface area contributed by atoms with Gasteiger partial charge in [-0.25, -0.2) is 0 Å². The molecular weight excluding hydrogens is 348 g/mol. The second kappa shape index (κ2) is 9.05. The van der Waals surface area contributed by atoms with Crippen molar-refractivity contribution in [3.05, 3.63) is 70.8 Å². The molecular formula is C24H32N2O2. The van der Waals surface area contributed by atoms with E-state index in [9.17, 15) is 9.59 Å². The van der Waals surface area contributed by atoms with E-state index in [1.807, 2.05) is 83.1 Å². The van der Waals surface area contributed by atoms with Crippen LogP contribution in [0.3, 0.4) is 0 Å². The quantitative estimate of drug-likeness (QED) is 0.817. The molecule has 2 aromatic carbocycles. The molecule has 150 valence electrons. The fourth-order valence-corrected chi connectivity index (χ4v) is 3.01. The van der Waals surface area contributed by atoms with Gasteiger partial charge in [-0.3, -0.25) is 9.59 Å². The predicted octanol–water partition coefficient (Wildman–Crippen LogP) is 4.18. The monoisotopic (exact) mass is 380 g/mol. The van der Waals surface area contributed by atoms with Gasteiger partial charge in [-0.1, -0.05) is 54.1 Å². The van der Waals surface area contributed by atoms with Crippen molar-refractivity contribution in [2.45, 2.75) is 66.1 Å². The van der Waals surface area contributed by atoms with Crippen LogP contribution >= 0.6 is 0 Å². The van der Waals surface area contributed by atoms with E-state index >= 15 is 0 Å². The van der Waals surface area contributed by atoms with E-state index in [1.165, 1.54) is 0 Å². The molecule has 28 heavy (non-hydrogen) atoms. The van der Waals surface area contributed by atoms with E-state index in [0.29, 0.717) is 6.54 Å². The topological polar surface area (TPSA) is 49.4 Å². The third-order valence-corrected chi connectivity index (χ3v) is 4.74. The lowest BCUT2D eigenvalue weighted by atomic mass is 10.0. The van der Waals surface area contributed by atoms with Crippen molar-refractivity contribution in [3.8, 4) is 0 Å². The van der Waals surface area contributed by atoms with Gasteiger partial charge in [0.25, 0.3) is 0 Å². The molecule has 0 aliphatic carbocycles. The molecule has 2 rings (SSSR count). The zero-order chi connectivity index (χ0) is 20.9. The lowest BCUT2D eigenvalue weighted by Gasteiger charge is -2.32. The van der Waals surface area contributed by atoms with Gasteiger partial charge in [0.15, 0.2) is 0 Å². The molecule has 0 bridgehead atoms. The SMILES string of the molecule is Cc1ccc(CC(=O)N(Cc2ccccc2C)[C@H](C)C(=O)NC(C)(C)C)cc1. The lowest BCUT2D eigenvalue weighted by Crippen LogP contribution is -2.52. The number of aryl methyl sites for hydroxylation is 2. The first-order chi connectivity index (χ1) is 13.1. The molecule has 0 unspecified atom stereocenters. The molecule has 0 heterocycles. The summed E-state index contributed by atoms with van der Waals surface area (Å²) in [4.78, 5) is 27.6. The molecule has 0 aromatic heterocycles. The van der Waals surface area contributed by atoms with Crippen LogP contribution in [-0.4, -0.2) is 28.3 Å². The van der Waals surface area contributed by atoms with E-state index in [-0.39, 0.29) is 23.8 Å². The standard InChI is InChI=1S/C24H32N2O2/c1-17-11-13-20(14-12-17)15-22(27)26(16-21-10-8-7-9-18(21)2)19(3)23(28)25-24(4,5)6/h7-14,19H,15-16H2,1-6H3,(H,25,28)/t19-/m1/s1. The number of nitrogens with one attached hydrogen (secondary N) is 1. The zero-order valence-corrected chi connectivity index (χ0v) is 17.9. The second-order valence-corrected chi connectivity index (χ2v) is 8.53. The molecule has 1 atom stereocenters. The van der Waals surface area contributed by atoms with Gasteiger partial charge in [0.05, 0.1) is 6.42 Å². The lowest BCUT2D eigenvalue weighted by molar-refractivity contribution is -0.140. The Balaban J connectivity index is 2.26. The van der Waals surface area contributed by atoms with Crippen molar-refractivity contribution in [1.82, 2.24) is 10.2 Å². The molecule has 0 spiro atoms. The maximum absolute atomic E-state index is 13.2. The molecule has 0 aliphatic rings. The molecule has 4 nitrogen and oxygen atoms in total. The van der Waals surface area contributed by atoms with E-state index in [0.717, 1.165) is 22.3 Å². The molecule has 0 saturated heterocycles. The van der Waals surface area contributed by atoms with Gasteiger partial charge in [0.1, 0.15) is 6.04 Å². The predicted molar refractivity (Wildman–Crippen MR) is 114 cm³/mol. The highest BCUT2D eigenvalue weighted by Gasteiger charge is 2.28. The third-order valence-electron chi connectivity index (χ3n) is 4.74. The Morgan fingerprint density at radius 1 is 1.00 bits per heavy atom. The molecule has 0 aliphatic heterocycles. The van der Waals surface area contributed by atoms with Gasteiger partial charge in [-0.15, -0.1) is 0 Å². The first-order valence-electron chi connectivity index (χ1n) is 9.78. The smallest absolute Gasteiger partial charge is 0.242 e. The summed E-state index contributed by atoms with van der Waals surface area (Å²) in [6, 6.07) is 15.4. The Labute approximate surface area is 169 Å². The molecule has 0 radical (unpaired) electrons. The van der Waals surface area contributed by atoms with Crippen molar-refractivity contribution in [2.24, 2.45) is 0 Å². The van der Waals surface area contributed by atoms with Gasteiger partial charge in [0.2, 0.25) is 11.8 Å². The number of carbonyl (C=O) groups is 2. The van der Waals surface area contributed by atoms with Crippen molar-refractivity contribution < 1.29 is 9.59 Å². The Kier molecular flexibility index (Phi) is 7.00. The summed E-state index contributed by atoms with van der Waals surface area (Å²) < 4.78 is 0. The summed E-state index contributed by atoms with van der Waals surface area (Å²) in [5.41, 5.74) is 3.92. The minimum atomic E-state index is -0.559. The van der Waals surface area contributed by atoms with Crippen molar-refractivity contribution in [2.75, 3.05) is 0 Å². The van der Waals surface area contributed by atoms with Crippen LogP contribution in [0.5, 0.6) is 0 Å². The van der Waals surface area contributed by atoms with E-state index in [2.05, 4.69) is 5.32 Å². The van der Waals surface area contributed by atoms with Crippen LogP contribution in [0.25, 0.3) is 0 Å². The van der Waals surface area contributed by atoms with E-state index < -0.39 is 6.04 Å². The van der Waals surface area contributed by atoms with Gasteiger partial charge >= 0.3 is 0 Å². The maximum atomic E-state index is 13.2. The minimum absolute atomic E-state index is 0.0522. The summed E-state index contributed by atoms with van der Waals surface area (Å²) in [7, 11) is 0. The minimum Gasteiger partial charge on any atom is -0.350 e. The largest absolute Gasteiger partial charge is 0.350 e. The summed E-state index contributed by atoms with van der Waals surface area (Å²) in [5.74, 6) is -0.193. The van der Waals surface area contributed by atoms with Crippen LogP contribution in [0, 0.1) is 13.8 Å². The first-order valence-corrected chi connectivity index (χ1v) is 9.78. The first kappa shape index (κ1) is 21.7. The third kappa shape index (κ3) is 6.22.